The van der Waals surface area contributed by atoms with Crippen molar-refractivity contribution in [1.82, 2.24) is 5.32 Å². The predicted octanol–water partition coefficient (Wildman–Crippen LogP) is 1.80. The third-order valence-electron chi connectivity index (χ3n) is 2.64. The number of benzene rings is 1. The first-order valence-electron chi connectivity index (χ1n) is 6.41. The van der Waals surface area contributed by atoms with Gasteiger partial charge in [-0.1, -0.05) is 37.6 Å². The number of carbonyl (C=O) groups excluding carboxylic acids is 2. The van der Waals surface area contributed by atoms with Gasteiger partial charge in [-0.25, -0.2) is 0 Å². The fourth-order valence-corrected chi connectivity index (χ4v) is 1.92. The number of carbonyl (C=O) groups is 2. The molecular weight excluding hydrogens is 280 g/mol. The van der Waals surface area contributed by atoms with Crippen LogP contribution in [-0.4, -0.2) is 29.6 Å². The minimum absolute atomic E-state index is 0.205. The zero-order chi connectivity index (χ0) is 15.1. The van der Waals surface area contributed by atoms with E-state index in [2.05, 4.69) is 10.6 Å². The summed E-state index contributed by atoms with van der Waals surface area (Å²) in [4.78, 5) is 23.5. The van der Waals surface area contributed by atoms with Gasteiger partial charge in [0.25, 0.3) is 0 Å². The van der Waals surface area contributed by atoms with Gasteiger partial charge in [-0.15, -0.1) is 0 Å². The van der Waals surface area contributed by atoms with Crippen molar-refractivity contribution in [3.8, 4) is 0 Å². The Labute approximate surface area is 123 Å². The van der Waals surface area contributed by atoms with Crippen molar-refractivity contribution in [3.63, 3.8) is 0 Å². The first-order valence-corrected chi connectivity index (χ1v) is 6.79. The molecule has 0 bridgehead atoms. The zero-order valence-electron chi connectivity index (χ0n) is 11.5. The first-order chi connectivity index (χ1) is 9.43. The van der Waals surface area contributed by atoms with Crippen molar-refractivity contribution in [2.45, 2.75) is 26.3 Å². The summed E-state index contributed by atoms with van der Waals surface area (Å²) in [5.41, 5.74) is 0.374. The van der Waals surface area contributed by atoms with Gasteiger partial charge in [0.05, 0.1) is 23.4 Å². The first kappa shape index (κ1) is 16.5. The molecule has 110 valence electrons. The second-order valence-corrected chi connectivity index (χ2v) is 5.32. The number of aliphatic hydroxyl groups excluding tert-OH is 1. The molecule has 20 heavy (non-hydrogen) atoms. The Morgan fingerprint density at radius 3 is 2.45 bits per heavy atom. The zero-order valence-corrected chi connectivity index (χ0v) is 12.3. The van der Waals surface area contributed by atoms with Crippen molar-refractivity contribution < 1.29 is 14.7 Å². The van der Waals surface area contributed by atoms with Crippen LogP contribution in [0.1, 0.15) is 20.3 Å². The van der Waals surface area contributed by atoms with Gasteiger partial charge in [-0.3, -0.25) is 9.59 Å². The second-order valence-electron chi connectivity index (χ2n) is 4.92. The van der Waals surface area contributed by atoms with E-state index in [-0.39, 0.29) is 6.61 Å². The number of halogens is 1. The van der Waals surface area contributed by atoms with Gasteiger partial charge in [-0.05, 0) is 24.5 Å². The van der Waals surface area contributed by atoms with Crippen molar-refractivity contribution in [2.75, 3.05) is 11.9 Å². The smallest absolute Gasteiger partial charge is 0.313 e. The third-order valence-corrected chi connectivity index (χ3v) is 2.97. The molecule has 0 aliphatic carbocycles. The number of hydrogen-bond acceptors (Lipinski definition) is 3. The van der Waals surface area contributed by atoms with E-state index in [0.29, 0.717) is 23.0 Å². The summed E-state index contributed by atoms with van der Waals surface area (Å²) in [6.45, 7) is 3.74. The molecular formula is C14H19ClN2O3. The largest absolute Gasteiger partial charge is 0.394 e. The van der Waals surface area contributed by atoms with Crippen LogP contribution in [0.5, 0.6) is 0 Å². The fourth-order valence-electron chi connectivity index (χ4n) is 1.74. The Balaban J connectivity index is 2.59. The van der Waals surface area contributed by atoms with Crippen LogP contribution in [0.3, 0.4) is 0 Å². The summed E-state index contributed by atoms with van der Waals surface area (Å²) in [7, 11) is 0. The lowest BCUT2D eigenvalue weighted by molar-refractivity contribution is -0.136. The van der Waals surface area contributed by atoms with Crippen LogP contribution in [0.2, 0.25) is 5.02 Å². The minimum atomic E-state index is -0.805. The molecule has 0 heterocycles. The lowest BCUT2D eigenvalue weighted by Gasteiger charge is -2.18. The molecule has 1 rings (SSSR count). The maximum Gasteiger partial charge on any atom is 0.313 e. The van der Waals surface area contributed by atoms with E-state index in [1.54, 1.807) is 24.3 Å². The Morgan fingerprint density at radius 2 is 1.90 bits per heavy atom. The summed E-state index contributed by atoms with van der Waals surface area (Å²) in [6, 6.07) is 6.21. The van der Waals surface area contributed by atoms with Crippen LogP contribution in [0.25, 0.3) is 0 Å². The highest BCUT2D eigenvalue weighted by Gasteiger charge is 2.19. The molecule has 0 saturated heterocycles. The third kappa shape index (κ3) is 5.19. The number of rotatable bonds is 5. The molecule has 5 nitrogen and oxygen atoms in total. The number of hydrogen-bond donors (Lipinski definition) is 3. The minimum Gasteiger partial charge on any atom is -0.394 e. The van der Waals surface area contributed by atoms with Crippen molar-refractivity contribution in [2.24, 2.45) is 5.92 Å². The van der Waals surface area contributed by atoms with Crippen molar-refractivity contribution in [3.05, 3.63) is 29.3 Å². The number of amides is 2. The normalized spacial score (nSPS) is 12.1. The maximum absolute atomic E-state index is 11.7. The monoisotopic (exact) mass is 298 g/mol. The van der Waals surface area contributed by atoms with Crippen LogP contribution < -0.4 is 10.6 Å². The molecule has 0 aromatic heterocycles. The van der Waals surface area contributed by atoms with Crippen LogP contribution in [-0.2, 0) is 9.59 Å². The summed E-state index contributed by atoms with van der Waals surface area (Å²) >= 11 is 5.89. The number of anilines is 1. The lowest BCUT2D eigenvalue weighted by atomic mass is 10.0. The highest BCUT2D eigenvalue weighted by molar-refractivity contribution is 6.41. The number of para-hydroxylation sites is 1. The molecule has 3 N–H and O–H groups in total. The molecule has 0 radical (unpaired) electrons. The van der Waals surface area contributed by atoms with Crippen LogP contribution >= 0.6 is 11.6 Å². The Morgan fingerprint density at radius 1 is 1.25 bits per heavy atom. The molecule has 0 spiro atoms. The highest BCUT2D eigenvalue weighted by Crippen LogP contribution is 2.20. The van der Waals surface area contributed by atoms with E-state index in [9.17, 15) is 14.7 Å². The van der Waals surface area contributed by atoms with Crippen molar-refractivity contribution >= 4 is 29.1 Å². The van der Waals surface area contributed by atoms with E-state index in [1.165, 1.54) is 0 Å². The Hall–Kier alpha value is -1.59. The number of aliphatic hydroxyl groups is 1. The summed E-state index contributed by atoms with van der Waals surface area (Å²) in [5, 5.41) is 14.4. The van der Waals surface area contributed by atoms with Crippen LogP contribution in [0, 0.1) is 5.92 Å². The maximum atomic E-state index is 11.7. The molecule has 1 aromatic rings. The SMILES string of the molecule is CC(C)CC(CO)NC(=O)C(=O)Nc1ccccc1Cl. The van der Waals surface area contributed by atoms with E-state index in [0.717, 1.165) is 0 Å². The average molecular weight is 299 g/mol. The Kier molecular flexibility index (Phi) is 6.48. The van der Waals surface area contributed by atoms with Gasteiger partial charge < -0.3 is 15.7 Å². The van der Waals surface area contributed by atoms with Crippen LogP contribution in [0.4, 0.5) is 5.69 Å². The standard InChI is InChI=1S/C14H19ClN2O3/c1-9(2)7-10(8-18)16-13(19)14(20)17-12-6-4-3-5-11(12)15/h3-6,9-10,18H,7-8H2,1-2H3,(H,16,19)(H,17,20). The quantitative estimate of drug-likeness (QED) is 0.725. The van der Waals surface area contributed by atoms with E-state index < -0.39 is 17.9 Å². The summed E-state index contributed by atoms with van der Waals surface area (Å²) in [6.07, 6.45) is 0.599. The fraction of sp³-hybridized carbons (Fsp3) is 0.429. The highest BCUT2D eigenvalue weighted by atomic mass is 35.5. The molecule has 2 amide bonds. The van der Waals surface area contributed by atoms with E-state index in [4.69, 9.17) is 11.6 Å². The van der Waals surface area contributed by atoms with Crippen LogP contribution in [0.15, 0.2) is 24.3 Å². The van der Waals surface area contributed by atoms with Gasteiger partial charge in [0, 0.05) is 0 Å². The summed E-state index contributed by atoms with van der Waals surface area (Å²) < 4.78 is 0. The molecule has 0 fully saturated rings. The molecule has 0 aliphatic heterocycles. The topological polar surface area (TPSA) is 78.4 Å². The van der Waals surface area contributed by atoms with E-state index >= 15 is 0 Å². The Bertz CT molecular complexity index is 477. The van der Waals surface area contributed by atoms with E-state index in [1.807, 2.05) is 13.8 Å². The lowest BCUT2D eigenvalue weighted by Crippen LogP contribution is -2.44. The van der Waals surface area contributed by atoms with Gasteiger partial charge in [0.15, 0.2) is 0 Å². The molecule has 1 aromatic carbocycles. The van der Waals surface area contributed by atoms with Crippen molar-refractivity contribution in [1.29, 1.82) is 0 Å². The molecule has 0 saturated carbocycles. The predicted molar refractivity (Wildman–Crippen MR) is 78.6 cm³/mol. The number of nitrogens with one attached hydrogen (secondary N) is 2. The summed E-state index contributed by atoms with van der Waals surface area (Å²) in [5.74, 6) is -1.29. The van der Waals surface area contributed by atoms with Gasteiger partial charge >= 0.3 is 11.8 Å². The molecule has 1 atom stereocenters. The average Bonchev–Trinajstić information content (AvgIpc) is 2.39. The molecule has 1 unspecified atom stereocenters. The molecule has 6 heteroatoms. The van der Waals surface area contributed by atoms with Gasteiger partial charge in [0.1, 0.15) is 0 Å². The molecule has 0 aliphatic rings. The second kappa shape index (κ2) is 7.87. The van der Waals surface area contributed by atoms with Gasteiger partial charge in [0.2, 0.25) is 0 Å². The van der Waals surface area contributed by atoms with Gasteiger partial charge in [-0.2, -0.15) is 0 Å².